The number of hydrogen-bond donors (Lipinski definition) is 0. The van der Waals surface area contributed by atoms with Gasteiger partial charge in [0.1, 0.15) is 11.5 Å². The van der Waals surface area contributed by atoms with Gasteiger partial charge in [-0.2, -0.15) is 0 Å². The Bertz CT molecular complexity index is 809. The van der Waals surface area contributed by atoms with Crippen molar-refractivity contribution in [1.82, 2.24) is 0 Å². The molecule has 0 saturated heterocycles. The molecule has 2 aromatic carbocycles. The standard InChI is InChI=1S/C20H21NO2/c1-19(2)16-7-5-6-8-17(16)21(3)20(19)12-11-14-9-10-15(22-4)13-18(14)23-20/h5-13H,1-4H3/t20-/m1/s1. The molecule has 2 aromatic rings. The first kappa shape index (κ1) is 14.2. The monoisotopic (exact) mass is 307 g/mol. The van der Waals surface area contributed by atoms with E-state index in [-0.39, 0.29) is 5.41 Å². The van der Waals surface area contributed by atoms with Crippen LogP contribution >= 0.6 is 0 Å². The highest BCUT2D eigenvalue weighted by molar-refractivity contribution is 5.72. The van der Waals surface area contributed by atoms with Gasteiger partial charge in [0.2, 0.25) is 5.72 Å². The van der Waals surface area contributed by atoms with E-state index in [0.717, 1.165) is 17.1 Å². The summed E-state index contributed by atoms with van der Waals surface area (Å²) >= 11 is 0. The molecule has 2 aliphatic heterocycles. The molecule has 4 rings (SSSR count). The average molecular weight is 307 g/mol. The highest BCUT2D eigenvalue weighted by Crippen LogP contribution is 2.54. The summed E-state index contributed by atoms with van der Waals surface area (Å²) in [6.07, 6.45) is 4.34. The Hall–Kier alpha value is -2.42. The zero-order valence-corrected chi connectivity index (χ0v) is 14.0. The van der Waals surface area contributed by atoms with Gasteiger partial charge >= 0.3 is 0 Å². The second-order valence-corrected chi connectivity index (χ2v) is 6.74. The zero-order valence-electron chi connectivity index (χ0n) is 14.0. The molecule has 3 nitrogen and oxygen atoms in total. The third-order valence-electron chi connectivity index (χ3n) is 5.31. The van der Waals surface area contributed by atoms with E-state index in [1.54, 1.807) is 7.11 Å². The van der Waals surface area contributed by atoms with E-state index < -0.39 is 5.72 Å². The second-order valence-electron chi connectivity index (χ2n) is 6.74. The van der Waals surface area contributed by atoms with Gasteiger partial charge in [-0.15, -0.1) is 0 Å². The van der Waals surface area contributed by atoms with Crippen LogP contribution in [-0.2, 0) is 5.41 Å². The van der Waals surface area contributed by atoms with Crippen molar-refractivity contribution in [2.75, 3.05) is 19.1 Å². The smallest absolute Gasteiger partial charge is 0.211 e. The third-order valence-corrected chi connectivity index (χ3v) is 5.31. The van der Waals surface area contributed by atoms with Crippen LogP contribution in [0.4, 0.5) is 5.69 Å². The number of para-hydroxylation sites is 1. The maximum atomic E-state index is 6.59. The van der Waals surface area contributed by atoms with Gasteiger partial charge in [-0.3, -0.25) is 0 Å². The Morgan fingerprint density at radius 1 is 1.09 bits per heavy atom. The highest BCUT2D eigenvalue weighted by atomic mass is 16.5. The van der Waals surface area contributed by atoms with E-state index >= 15 is 0 Å². The van der Waals surface area contributed by atoms with E-state index in [2.05, 4.69) is 62.2 Å². The van der Waals surface area contributed by atoms with E-state index in [4.69, 9.17) is 9.47 Å². The van der Waals surface area contributed by atoms with Crippen molar-refractivity contribution >= 4 is 11.8 Å². The lowest BCUT2D eigenvalue weighted by atomic mass is 9.76. The van der Waals surface area contributed by atoms with Gasteiger partial charge in [0.25, 0.3) is 0 Å². The molecular weight excluding hydrogens is 286 g/mol. The maximum absolute atomic E-state index is 6.59. The molecule has 118 valence electrons. The number of nitrogens with zero attached hydrogens (tertiary/aromatic N) is 1. The minimum atomic E-state index is -0.532. The number of ether oxygens (including phenoxy) is 2. The van der Waals surface area contributed by atoms with Crippen molar-refractivity contribution in [1.29, 1.82) is 0 Å². The Morgan fingerprint density at radius 3 is 2.61 bits per heavy atom. The van der Waals surface area contributed by atoms with Crippen molar-refractivity contribution in [2.24, 2.45) is 0 Å². The molecule has 2 heterocycles. The first-order chi connectivity index (χ1) is 11.0. The van der Waals surface area contributed by atoms with Crippen molar-refractivity contribution in [3.8, 4) is 11.5 Å². The maximum Gasteiger partial charge on any atom is 0.211 e. The van der Waals surface area contributed by atoms with Gasteiger partial charge in [-0.1, -0.05) is 18.2 Å². The van der Waals surface area contributed by atoms with Gasteiger partial charge < -0.3 is 14.4 Å². The number of anilines is 1. The van der Waals surface area contributed by atoms with Crippen molar-refractivity contribution in [3.63, 3.8) is 0 Å². The molecule has 0 unspecified atom stereocenters. The van der Waals surface area contributed by atoms with Crippen LogP contribution in [0.1, 0.15) is 25.0 Å². The number of hydrogen-bond acceptors (Lipinski definition) is 3. The molecule has 0 bridgehead atoms. The lowest BCUT2D eigenvalue weighted by Gasteiger charge is -2.45. The molecule has 2 aliphatic rings. The number of rotatable bonds is 1. The van der Waals surface area contributed by atoms with Crippen molar-refractivity contribution in [3.05, 3.63) is 59.7 Å². The fraction of sp³-hybridized carbons (Fsp3) is 0.300. The summed E-state index contributed by atoms with van der Waals surface area (Å²) < 4.78 is 11.9. The molecule has 3 heteroatoms. The molecule has 0 saturated carbocycles. The van der Waals surface area contributed by atoms with Gasteiger partial charge in [0, 0.05) is 24.4 Å². The van der Waals surface area contributed by atoms with E-state index in [0.29, 0.717) is 0 Å². The Kier molecular flexibility index (Phi) is 2.80. The summed E-state index contributed by atoms with van der Waals surface area (Å²) in [5, 5.41) is 0. The molecule has 0 aliphatic carbocycles. The van der Waals surface area contributed by atoms with Crippen LogP contribution in [0, 0.1) is 0 Å². The first-order valence-corrected chi connectivity index (χ1v) is 7.89. The number of methoxy groups -OCH3 is 1. The summed E-state index contributed by atoms with van der Waals surface area (Å²) in [4.78, 5) is 2.24. The number of fused-ring (bicyclic) bond motifs is 2. The van der Waals surface area contributed by atoms with E-state index in [9.17, 15) is 0 Å². The minimum absolute atomic E-state index is 0.171. The van der Waals surface area contributed by atoms with Gasteiger partial charge in [0.05, 0.1) is 12.5 Å². The minimum Gasteiger partial charge on any atom is -0.497 e. The summed E-state index contributed by atoms with van der Waals surface area (Å²) in [5.41, 5.74) is 2.90. The van der Waals surface area contributed by atoms with Crippen molar-refractivity contribution < 1.29 is 9.47 Å². The molecule has 0 aromatic heterocycles. The normalized spacial score (nSPS) is 23.4. The summed E-state index contributed by atoms with van der Waals surface area (Å²) in [5.74, 6) is 1.67. The lowest BCUT2D eigenvalue weighted by molar-refractivity contribution is 0.0579. The van der Waals surface area contributed by atoms with Crippen LogP contribution in [0.5, 0.6) is 11.5 Å². The summed E-state index contributed by atoms with van der Waals surface area (Å²) in [6, 6.07) is 14.5. The molecule has 1 spiro atoms. The van der Waals surface area contributed by atoms with Gasteiger partial charge in [-0.05, 0) is 49.8 Å². The molecule has 0 N–H and O–H groups in total. The molecule has 0 fully saturated rings. The fourth-order valence-electron chi connectivity index (χ4n) is 3.87. The van der Waals surface area contributed by atoms with Gasteiger partial charge in [0.15, 0.2) is 0 Å². The predicted molar refractivity (Wildman–Crippen MR) is 93.3 cm³/mol. The highest BCUT2D eigenvalue weighted by Gasteiger charge is 2.57. The largest absolute Gasteiger partial charge is 0.497 e. The molecular formula is C20H21NO2. The Morgan fingerprint density at radius 2 is 1.87 bits per heavy atom. The topological polar surface area (TPSA) is 21.7 Å². The number of likely N-dealkylation sites (N-methyl/N-ethyl adjacent to an activating group) is 1. The Balaban J connectivity index is 1.87. The molecule has 0 amide bonds. The van der Waals surface area contributed by atoms with Crippen LogP contribution in [-0.4, -0.2) is 19.9 Å². The molecule has 23 heavy (non-hydrogen) atoms. The molecule has 0 radical (unpaired) electrons. The van der Waals surface area contributed by atoms with Crippen LogP contribution in [0.15, 0.2) is 48.5 Å². The van der Waals surface area contributed by atoms with Crippen LogP contribution in [0.2, 0.25) is 0 Å². The molecule has 1 atom stereocenters. The SMILES string of the molecule is COc1ccc2c(c1)O[C@@]1(C=C2)N(C)c2ccccc2C1(C)C. The predicted octanol–water partition coefficient (Wildman–Crippen LogP) is 4.22. The Labute approximate surface area is 137 Å². The van der Waals surface area contributed by atoms with E-state index in [1.807, 2.05) is 18.2 Å². The van der Waals surface area contributed by atoms with Crippen molar-refractivity contribution in [2.45, 2.75) is 25.0 Å². The third kappa shape index (κ3) is 1.70. The lowest BCUT2D eigenvalue weighted by Crippen LogP contribution is -2.58. The zero-order chi connectivity index (χ0) is 16.2. The summed E-state index contributed by atoms with van der Waals surface area (Å²) in [7, 11) is 3.78. The fourth-order valence-corrected chi connectivity index (χ4v) is 3.87. The number of benzene rings is 2. The quantitative estimate of drug-likeness (QED) is 0.787. The van der Waals surface area contributed by atoms with Crippen LogP contribution < -0.4 is 14.4 Å². The van der Waals surface area contributed by atoms with E-state index in [1.165, 1.54) is 11.3 Å². The van der Waals surface area contributed by atoms with Crippen LogP contribution in [0.25, 0.3) is 6.08 Å². The van der Waals surface area contributed by atoms with Crippen LogP contribution in [0.3, 0.4) is 0 Å². The second kappa shape index (κ2) is 4.54. The first-order valence-electron chi connectivity index (χ1n) is 7.89. The van der Waals surface area contributed by atoms with Gasteiger partial charge in [-0.25, -0.2) is 0 Å². The average Bonchev–Trinajstić information content (AvgIpc) is 2.74. The summed E-state index contributed by atoms with van der Waals surface area (Å²) in [6.45, 7) is 4.48.